The van der Waals surface area contributed by atoms with Gasteiger partial charge in [-0.05, 0) is 38.7 Å². The number of rotatable bonds is 5. The normalized spacial score (nSPS) is 20.3. The second kappa shape index (κ2) is 5.96. The molecule has 0 radical (unpaired) electrons. The first-order valence-corrected chi connectivity index (χ1v) is 9.14. The number of aliphatic hydroxyl groups is 1. The quantitative estimate of drug-likeness (QED) is 0.814. The molecule has 1 fully saturated rings. The predicted molar refractivity (Wildman–Crippen MR) is 86.7 cm³/mol. The van der Waals surface area contributed by atoms with Crippen molar-refractivity contribution >= 4 is 22.4 Å². The van der Waals surface area contributed by atoms with Gasteiger partial charge in [0.1, 0.15) is 0 Å². The molecule has 0 unspecified atom stereocenters. The molecule has 1 saturated heterocycles. The summed E-state index contributed by atoms with van der Waals surface area (Å²) in [6.07, 6.45) is 0. The third-order valence-corrected chi connectivity index (χ3v) is 5.84. The summed E-state index contributed by atoms with van der Waals surface area (Å²) in [6, 6.07) is 7.20. The van der Waals surface area contributed by atoms with Crippen molar-refractivity contribution in [2.45, 2.75) is 44.6 Å². The van der Waals surface area contributed by atoms with Gasteiger partial charge in [0, 0.05) is 0 Å². The molecule has 122 valence electrons. The van der Waals surface area contributed by atoms with Crippen molar-refractivity contribution in [3.8, 4) is 0 Å². The number of benzene rings is 1. The smallest absolute Gasteiger partial charge is 0.399 e. The molecule has 0 spiro atoms. The number of sulfone groups is 1. The standard InChI is InChI=1S/C15H23BO5S/c1-14(2)15(3,4)21-16(20-14)13-7-5-6-12(10-13)11-22(18,19)9-8-17/h5-7,10,17H,8-9,11H2,1-4H3. The Morgan fingerprint density at radius 1 is 1.14 bits per heavy atom. The van der Waals surface area contributed by atoms with Gasteiger partial charge in [0.25, 0.3) is 0 Å². The molecule has 1 aromatic rings. The van der Waals surface area contributed by atoms with E-state index in [9.17, 15) is 8.42 Å². The van der Waals surface area contributed by atoms with Crippen molar-refractivity contribution in [1.82, 2.24) is 0 Å². The molecule has 1 aliphatic rings. The van der Waals surface area contributed by atoms with E-state index in [4.69, 9.17) is 14.4 Å². The molecule has 7 heteroatoms. The second-order valence-electron chi connectivity index (χ2n) is 6.65. The van der Waals surface area contributed by atoms with Crippen LogP contribution in [0.3, 0.4) is 0 Å². The summed E-state index contributed by atoms with van der Waals surface area (Å²) in [5.74, 6) is -0.325. The highest BCUT2D eigenvalue weighted by Gasteiger charge is 2.51. The maximum absolute atomic E-state index is 11.8. The molecule has 1 aromatic carbocycles. The third kappa shape index (κ3) is 3.71. The van der Waals surface area contributed by atoms with Gasteiger partial charge in [-0.3, -0.25) is 0 Å². The lowest BCUT2D eigenvalue weighted by Gasteiger charge is -2.32. The van der Waals surface area contributed by atoms with E-state index >= 15 is 0 Å². The van der Waals surface area contributed by atoms with Crippen molar-refractivity contribution in [1.29, 1.82) is 0 Å². The maximum atomic E-state index is 11.8. The molecule has 22 heavy (non-hydrogen) atoms. The average molecular weight is 326 g/mol. The zero-order chi connectivity index (χ0) is 16.6. The molecular formula is C15H23BO5S. The van der Waals surface area contributed by atoms with E-state index in [1.165, 1.54) is 0 Å². The van der Waals surface area contributed by atoms with Crippen molar-refractivity contribution in [2.75, 3.05) is 12.4 Å². The lowest BCUT2D eigenvalue weighted by atomic mass is 9.78. The molecule has 0 saturated carbocycles. The maximum Gasteiger partial charge on any atom is 0.494 e. The highest BCUT2D eigenvalue weighted by molar-refractivity contribution is 7.90. The van der Waals surface area contributed by atoms with Crippen molar-refractivity contribution in [3.63, 3.8) is 0 Å². The Hall–Kier alpha value is -0.885. The van der Waals surface area contributed by atoms with Crippen molar-refractivity contribution in [2.24, 2.45) is 0 Å². The molecule has 2 rings (SSSR count). The molecule has 1 aliphatic heterocycles. The lowest BCUT2D eigenvalue weighted by molar-refractivity contribution is 0.00578. The summed E-state index contributed by atoms with van der Waals surface area (Å²) in [7, 11) is -3.81. The van der Waals surface area contributed by atoms with Gasteiger partial charge in [-0.25, -0.2) is 8.42 Å². The fraction of sp³-hybridized carbons (Fsp3) is 0.600. The van der Waals surface area contributed by atoms with Crippen LogP contribution in [-0.4, -0.2) is 44.2 Å². The highest BCUT2D eigenvalue weighted by atomic mass is 32.2. The van der Waals surface area contributed by atoms with Crippen molar-refractivity contribution < 1.29 is 22.8 Å². The largest absolute Gasteiger partial charge is 0.494 e. The van der Waals surface area contributed by atoms with Gasteiger partial charge >= 0.3 is 7.12 Å². The molecule has 0 aromatic heterocycles. The molecule has 0 amide bonds. The molecule has 0 atom stereocenters. The first-order chi connectivity index (χ1) is 10.1. The predicted octanol–water partition coefficient (Wildman–Crippen LogP) is 0.893. The van der Waals surface area contributed by atoms with Crippen LogP contribution in [0.1, 0.15) is 33.3 Å². The van der Waals surface area contributed by atoms with Crippen molar-refractivity contribution in [3.05, 3.63) is 29.8 Å². The fourth-order valence-electron chi connectivity index (χ4n) is 2.27. The van der Waals surface area contributed by atoms with E-state index in [1.807, 2.05) is 33.8 Å². The first kappa shape index (κ1) is 17.5. The molecule has 0 bridgehead atoms. The average Bonchev–Trinajstić information content (AvgIpc) is 2.58. The fourth-order valence-corrected chi connectivity index (χ4v) is 3.38. The summed E-state index contributed by atoms with van der Waals surface area (Å²) in [5, 5.41) is 8.80. The Morgan fingerprint density at radius 2 is 1.73 bits per heavy atom. The van der Waals surface area contributed by atoms with Crippen LogP contribution in [0.15, 0.2) is 24.3 Å². The number of aliphatic hydroxyl groups excluding tert-OH is 1. The Kier molecular flexibility index (Phi) is 4.73. The lowest BCUT2D eigenvalue weighted by Crippen LogP contribution is -2.41. The van der Waals surface area contributed by atoms with Crippen LogP contribution < -0.4 is 5.46 Å². The number of hydrogen-bond acceptors (Lipinski definition) is 5. The summed E-state index contributed by atoms with van der Waals surface area (Å²) < 4.78 is 35.6. The minimum absolute atomic E-state index is 0.0963. The molecule has 1 heterocycles. The van der Waals surface area contributed by atoms with Crippen LogP contribution in [0.5, 0.6) is 0 Å². The van der Waals surface area contributed by atoms with E-state index in [2.05, 4.69) is 0 Å². The monoisotopic (exact) mass is 326 g/mol. The van der Waals surface area contributed by atoms with Gasteiger partial charge in [0.2, 0.25) is 0 Å². The SMILES string of the molecule is CC1(C)OB(c2cccc(CS(=O)(=O)CCO)c2)OC1(C)C. The van der Waals surface area contributed by atoms with Gasteiger partial charge in [0.15, 0.2) is 9.84 Å². The first-order valence-electron chi connectivity index (χ1n) is 7.32. The zero-order valence-corrected chi connectivity index (χ0v) is 14.3. The Labute approximate surface area is 132 Å². The van der Waals surface area contributed by atoms with E-state index in [0.717, 1.165) is 5.46 Å². The molecular weight excluding hydrogens is 303 g/mol. The zero-order valence-electron chi connectivity index (χ0n) is 13.5. The van der Waals surface area contributed by atoms with Crippen LogP contribution in [0, 0.1) is 0 Å². The second-order valence-corrected chi connectivity index (χ2v) is 8.83. The van der Waals surface area contributed by atoms with E-state index < -0.39 is 28.2 Å². The summed E-state index contributed by atoms with van der Waals surface area (Å²) in [5.41, 5.74) is 0.601. The van der Waals surface area contributed by atoms with Gasteiger partial charge in [-0.2, -0.15) is 0 Å². The van der Waals surface area contributed by atoms with Gasteiger partial charge < -0.3 is 14.4 Å². The summed E-state index contributed by atoms with van der Waals surface area (Å²) in [4.78, 5) is 0. The van der Waals surface area contributed by atoms with Crippen LogP contribution in [0.25, 0.3) is 0 Å². The molecule has 1 N–H and O–H groups in total. The third-order valence-electron chi connectivity index (χ3n) is 4.27. The van der Waals surface area contributed by atoms with Crippen LogP contribution in [0.4, 0.5) is 0 Å². The van der Waals surface area contributed by atoms with E-state index in [1.54, 1.807) is 18.2 Å². The molecule has 0 aliphatic carbocycles. The Morgan fingerprint density at radius 3 is 2.27 bits per heavy atom. The summed E-state index contributed by atoms with van der Waals surface area (Å²) >= 11 is 0. The van der Waals surface area contributed by atoms with E-state index in [0.29, 0.717) is 5.56 Å². The van der Waals surface area contributed by atoms with Crippen LogP contribution >= 0.6 is 0 Å². The van der Waals surface area contributed by atoms with Gasteiger partial charge in [0.05, 0.1) is 29.3 Å². The summed E-state index contributed by atoms with van der Waals surface area (Å²) in [6.45, 7) is 7.54. The highest BCUT2D eigenvalue weighted by Crippen LogP contribution is 2.36. The minimum atomic E-state index is -3.30. The van der Waals surface area contributed by atoms with Crippen LogP contribution in [-0.2, 0) is 24.9 Å². The minimum Gasteiger partial charge on any atom is -0.399 e. The topological polar surface area (TPSA) is 72.8 Å². The van der Waals surface area contributed by atoms with Crippen LogP contribution in [0.2, 0.25) is 0 Å². The van der Waals surface area contributed by atoms with Gasteiger partial charge in [-0.15, -0.1) is 0 Å². The Bertz CT molecular complexity index is 623. The van der Waals surface area contributed by atoms with E-state index in [-0.39, 0.29) is 18.1 Å². The molecule has 5 nitrogen and oxygen atoms in total. The van der Waals surface area contributed by atoms with Gasteiger partial charge in [-0.1, -0.05) is 24.3 Å². The number of hydrogen-bond donors (Lipinski definition) is 1. The Balaban J connectivity index is 2.20.